The molecule has 1 unspecified atom stereocenters. The van der Waals surface area contributed by atoms with E-state index in [9.17, 15) is 14.0 Å². The van der Waals surface area contributed by atoms with Gasteiger partial charge in [-0.2, -0.15) is 0 Å². The molecule has 1 atom stereocenters. The lowest BCUT2D eigenvalue weighted by atomic mass is 9.84. The SMILES string of the molecule is Cc1nccc(N2CC3(C2)OC(=O)N2CCN(C(=O)NCc4ccc(F)cc4)CC23)n1. The molecule has 10 heteroatoms. The van der Waals surface area contributed by atoms with Crippen molar-refractivity contribution < 1.29 is 18.7 Å². The number of piperazine rings is 1. The molecule has 2 aromatic rings. The van der Waals surface area contributed by atoms with E-state index in [1.54, 1.807) is 28.1 Å². The molecular weight excluding hydrogens is 403 g/mol. The largest absolute Gasteiger partial charge is 0.437 e. The number of carbonyl (C=O) groups excluding carboxylic acids is 2. The summed E-state index contributed by atoms with van der Waals surface area (Å²) in [6.07, 6.45) is 1.39. The van der Waals surface area contributed by atoms with Crippen LogP contribution < -0.4 is 10.2 Å². The minimum atomic E-state index is -0.647. The van der Waals surface area contributed by atoms with Crippen LogP contribution in [0.1, 0.15) is 11.4 Å². The quantitative estimate of drug-likeness (QED) is 0.801. The van der Waals surface area contributed by atoms with Gasteiger partial charge in [0.05, 0.1) is 19.1 Å². The fourth-order valence-corrected chi connectivity index (χ4v) is 4.49. The maximum absolute atomic E-state index is 13.1. The molecule has 1 aromatic carbocycles. The van der Waals surface area contributed by atoms with E-state index < -0.39 is 5.60 Å². The second-order valence-electron chi connectivity index (χ2n) is 8.19. The van der Waals surface area contributed by atoms with Gasteiger partial charge in [0.25, 0.3) is 0 Å². The van der Waals surface area contributed by atoms with E-state index in [0.717, 1.165) is 11.4 Å². The molecule has 1 aromatic heterocycles. The molecule has 3 aliphatic heterocycles. The first-order valence-electron chi connectivity index (χ1n) is 10.2. The van der Waals surface area contributed by atoms with Gasteiger partial charge in [0.2, 0.25) is 0 Å². The highest BCUT2D eigenvalue weighted by molar-refractivity contribution is 5.77. The van der Waals surface area contributed by atoms with Crippen molar-refractivity contribution in [1.29, 1.82) is 0 Å². The highest BCUT2D eigenvalue weighted by atomic mass is 19.1. The first-order valence-corrected chi connectivity index (χ1v) is 10.2. The molecule has 0 aliphatic carbocycles. The summed E-state index contributed by atoms with van der Waals surface area (Å²) in [6, 6.07) is 7.45. The van der Waals surface area contributed by atoms with Gasteiger partial charge in [0.1, 0.15) is 17.5 Å². The smallest absolute Gasteiger partial charge is 0.411 e. The van der Waals surface area contributed by atoms with Crippen molar-refractivity contribution in [3.05, 3.63) is 53.7 Å². The summed E-state index contributed by atoms with van der Waals surface area (Å²) in [5.41, 5.74) is 0.172. The van der Waals surface area contributed by atoms with Crippen molar-refractivity contribution >= 4 is 17.9 Å². The van der Waals surface area contributed by atoms with Crippen LogP contribution in [0.5, 0.6) is 0 Å². The Hall–Kier alpha value is -3.43. The molecule has 9 nitrogen and oxygen atoms in total. The van der Waals surface area contributed by atoms with Crippen molar-refractivity contribution in [3.8, 4) is 0 Å². The van der Waals surface area contributed by atoms with E-state index in [-0.39, 0.29) is 24.0 Å². The number of aryl methyl sites for hydroxylation is 1. The monoisotopic (exact) mass is 426 g/mol. The molecular formula is C21H23FN6O3. The number of anilines is 1. The molecule has 0 saturated carbocycles. The van der Waals surface area contributed by atoms with E-state index in [0.29, 0.717) is 45.1 Å². The molecule has 3 aliphatic rings. The zero-order valence-electron chi connectivity index (χ0n) is 17.1. The number of nitrogens with one attached hydrogen (secondary N) is 1. The van der Waals surface area contributed by atoms with Gasteiger partial charge in [-0.15, -0.1) is 0 Å². The van der Waals surface area contributed by atoms with Crippen LogP contribution in [0.3, 0.4) is 0 Å². The topological polar surface area (TPSA) is 90.9 Å². The van der Waals surface area contributed by atoms with Gasteiger partial charge in [-0.3, -0.25) is 4.90 Å². The lowest BCUT2D eigenvalue weighted by Crippen LogP contribution is -2.72. The summed E-state index contributed by atoms with van der Waals surface area (Å²) < 4.78 is 18.8. The van der Waals surface area contributed by atoms with Gasteiger partial charge in [-0.05, 0) is 30.7 Å². The number of urea groups is 1. The molecule has 1 spiro atoms. The number of fused-ring (bicyclic) bond motifs is 2. The van der Waals surface area contributed by atoms with Crippen LogP contribution in [0.15, 0.2) is 36.5 Å². The molecule has 5 rings (SSSR count). The Bertz CT molecular complexity index is 1010. The molecule has 162 valence electrons. The van der Waals surface area contributed by atoms with Gasteiger partial charge in [0.15, 0.2) is 5.60 Å². The van der Waals surface area contributed by atoms with Crippen molar-refractivity contribution in [2.75, 3.05) is 37.6 Å². The molecule has 3 saturated heterocycles. The van der Waals surface area contributed by atoms with Crippen LogP contribution in [0.2, 0.25) is 0 Å². The number of rotatable bonds is 3. The van der Waals surface area contributed by atoms with Gasteiger partial charge in [-0.1, -0.05) is 12.1 Å². The standard InChI is InChI=1S/C21H23FN6O3/c1-14-23-7-6-18(25-14)27-12-21(13-27)17-11-26(8-9-28(17)20(30)31-21)19(29)24-10-15-2-4-16(22)5-3-15/h2-7,17H,8-13H2,1H3,(H,24,29). The molecule has 3 amide bonds. The number of aromatic nitrogens is 2. The Morgan fingerprint density at radius 3 is 2.77 bits per heavy atom. The van der Waals surface area contributed by atoms with E-state index >= 15 is 0 Å². The predicted octanol–water partition coefficient (Wildman–Crippen LogP) is 1.53. The van der Waals surface area contributed by atoms with Crippen LogP contribution in [-0.2, 0) is 11.3 Å². The van der Waals surface area contributed by atoms with E-state index in [2.05, 4.69) is 20.2 Å². The second kappa shape index (κ2) is 7.36. The average Bonchev–Trinajstić information content (AvgIpc) is 3.04. The van der Waals surface area contributed by atoms with E-state index in [1.807, 2.05) is 13.0 Å². The van der Waals surface area contributed by atoms with Gasteiger partial charge in [-0.25, -0.2) is 23.9 Å². The zero-order chi connectivity index (χ0) is 21.6. The number of benzene rings is 1. The van der Waals surface area contributed by atoms with Crippen molar-refractivity contribution in [2.24, 2.45) is 0 Å². The van der Waals surface area contributed by atoms with Crippen LogP contribution in [0.25, 0.3) is 0 Å². The molecule has 0 bridgehead atoms. The molecule has 31 heavy (non-hydrogen) atoms. The number of hydrogen-bond acceptors (Lipinski definition) is 6. The van der Waals surface area contributed by atoms with Gasteiger partial charge in [0, 0.05) is 32.4 Å². The summed E-state index contributed by atoms with van der Waals surface area (Å²) in [5, 5.41) is 2.88. The Morgan fingerprint density at radius 2 is 2.03 bits per heavy atom. The van der Waals surface area contributed by atoms with Crippen molar-refractivity contribution in [1.82, 2.24) is 25.1 Å². The number of hydrogen-bond donors (Lipinski definition) is 1. The Kier molecular flexibility index (Phi) is 4.64. The zero-order valence-corrected chi connectivity index (χ0v) is 17.1. The number of amides is 3. The molecule has 1 N–H and O–H groups in total. The Morgan fingerprint density at radius 1 is 1.26 bits per heavy atom. The molecule has 4 heterocycles. The predicted molar refractivity (Wildman–Crippen MR) is 109 cm³/mol. The molecule has 3 fully saturated rings. The number of ether oxygens (including phenoxy) is 1. The first kappa shape index (κ1) is 19.5. The summed E-state index contributed by atoms with van der Waals surface area (Å²) >= 11 is 0. The lowest BCUT2D eigenvalue weighted by Gasteiger charge is -2.51. The Balaban J connectivity index is 1.23. The molecule has 0 radical (unpaired) electrons. The normalized spacial score (nSPS) is 21.5. The maximum atomic E-state index is 13.1. The average molecular weight is 426 g/mol. The van der Waals surface area contributed by atoms with Crippen molar-refractivity contribution in [3.63, 3.8) is 0 Å². The minimum Gasteiger partial charge on any atom is -0.437 e. The van der Waals surface area contributed by atoms with Crippen LogP contribution in [0.4, 0.5) is 19.8 Å². The maximum Gasteiger partial charge on any atom is 0.411 e. The second-order valence-corrected chi connectivity index (χ2v) is 8.19. The third-order valence-corrected chi connectivity index (χ3v) is 6.16. The van der Waals surface area contributed by atoms with Crippen LogP contribution in [0, 0.1) is 12.7 Å². The number of halogens is 1. The highest BCUT2D eigenvalue weighted by Gasteiger charge is 2.62. The van der Waals surface area contributed by atoms with E-state index in [4.69, 9.17) is 4.74 Å². The summed E-state index contributed by atoms with van der Waals surface area (Å²) in [4.78, 5) is 39.2. The Labute approximate surface area is 178 Å². The summed E-state index contributed by atoms with van der Waals surface area (Å²) in [7, 11) is 0. The fraction of sp³-hybridized carbons (Fsp3) is 0.429. The first-order chi connectivity index (χ1) is 14.9. The number of nitrogens with zero attached hydrogens (tertiary/aromatic N) is 5. The van der Waals surface area contributed by atoms with Crippen LogP contribution in [-0.4, -0.2) is 76.3 Å². The number of carbonyl (C=O) groups is 2. The minimum absolute atomic E-state index is 0.204. The summed E-state index contributed by atoms with van der Waals surface area (Å²) in [6.45, 7) is 4.47. The fourth-order valence-electron chi connectivity index (χ4n) is 4.49. The van der Waals surface area contributed by atoms with Crippen molar-refractivity contribution in [2.45, 2.75) is 25.1 Å². The third kappa shape index (κ3) is 3.51. The van der Waals surface area contributed by atoms with Gasteiger partial charge < -0.3 is 19.9 Å². The highest BCUT2D eigenvalue weighted by Crippen LogP contribution is 2.41. The lowest BCUT2D eigenvalue weighted by molar-refractivity contribution is -0.00371. The van der Waals surface area contributed by atoms with Crippen LogP contribution >= 0.6 is 0 Å². The van der Waals surface area contributed by atoms with E-state index in [1.165, 1.54) is 12.1 Å². The van der Waals surface area contributed by atoms with Gasteiger partial charge >= 0.3 is 12.1 Å². The summed E-state index contributed by atoms with van der Waals surface area (Å²) in [5.74, 6) is 1.18. The third-order valence-electron chi connectivity index (χ3n) is 6.16.